The van der Waals surface area contributed by atoms with Crippen molar-refractivity contribution in [2.24, 2.45) is 0 Å². The van der Waals surface area contributed by atoms with Gasteiger partial charge in [-0.2, -0.15) is 0 Å². The lowest BCUT2D eigenvalue weighted by molar-refractivity contribution is -0.134. The first-order chi connectivity index (χ1) is 16.6. The van der Waals surface area contributed by atoms with Crippen molar-refractivity contribution < 1.29 is 23.8 Å². The highest BCUT2D eigenvalue weighted by atomic mass is 16.5. The maximum absolute atomic E-state index is 12.8. The van der Waals surface area contributed by atoms with Crippen molar-refractivity contribution in [3.05, 3.63) is 47.7 Å². The Balaban J connectivity index is 1.60. The van der Waals surface area contributed by atoms with E-state index >= 15 is 0 Å². The smallest absolute Gasteiger partial charge is 0.260 e. The number of unbranched alkanes of at least 4 members (excludes halogenated alkanes) is 1. The molecule has 0 radical (unpaired) electrons. The van der Waals surface area contributed by atoms with Gasteiger partial charge in [0.25, 0.3) is 11.8 Å². The van der Waals surface area contributed by atoms with Crippen LogP contribution in [0.1, 0.15) is 61.9 Å². The minimum atomic E-state index is -0.250. The second-order valence-corrected chi connectivity index (χ2v) is 8.18. The minimum absolute atomic E-state index is 0.0302. The number of benzene rings is 1. The van der Waals surface area contributed by atoms with Crippen molar-refractivity contribution in [2.45, 2.75) is 52.5 Å². The molecule has 2 heterocycles. The number of hydrogen-bond donors (Lipinski definition) is 1. The standard InChI is InChI=1S/C26H35N3O5/c1-3-5-16-33-26-21(10-9-13-27-26)18-28-25(31)20-11-12-22(23(17-20)32-4-2)34-19-24(30)29-14-7-6-8-15-29/h9-13,17H,3-8,14-16,18-19H2,1-2H3,(H,28,31). The third-order valence-corrected chi connectivity index (χ3v) is 5.59. The number of ether oxygens (including phenoxy) is 3. The summed E-state index contributed by atoms with van der Waals surface area (Å²) in [7, 11) is 0. The first-order valence-electron chi connectivity index (χ1n) is 12.1. The summed E-state index contributed by atoms with van der Waals surface area (Å²) in [5.74, 6) is 1.14. The summed E-state index contributed by atoms with van der Waals surface area (Å²) in [6.07, 6.45) is 6.89. The molecule has 0 unspecified atom stereocenters. The Morgan fingerprint density at radius 1 is 1.03 bits per heavy atom. The van der Waals surface area contributed by atoms with Crippen LogP contribution in [-0.4, -0.2) is 54.6 Å². The van der Waals surface area contributed by atoms with Gasteiger partial charge in [-0.05, 0) is 56.9 Å². The van der Waals surface area contributed by atoms with E-state index in [4.69, 9.17) is 14.2 Å². The molecule has 8 heteroatoms. The molecule has 8 nitrogen and oxygen atoms in total. The average Bonchev–Trinajstić information content (AvgIpc) is 2.87. The molecule has 1 aliphatic heterocycles. The number of aromatic nitrogens is 1. The van der Waals surface area contributed by atoms with Crippen LogP contribution in [0.25, 0.3) is 0 Å². The van der Waals surface area contributed by atoms with Crippen LogP contribution in [0.15, 0.2) is 36.5 Å². The van der Waals surface area contributed by atoms with E-state index in [0.717, 1.165) is 50.8 Å². The molecular formula is C26H35N3O5. The zero-order valence-corrected chi connectivity index (χ0v) is 20.2. The molecule has 0 spiro atoms. The van der Waals surface area contributed by atoms with Crippen molar-refractivity contribution in [3.63, 3.8) is 0 Å². The summed E-state index contributed by atoms with van der Waals surface area (Å²) >= 11 is 0. The van der Waals surface area contributed by atoms with Gasteiger partial charge in [0, 0.05) is 37.0 Å². The Labute approximate surface area is 201 Å². The van der Waals surface area contributed by atoms with E-state index in [0.29, 0.717) is 42.7 Å². The summed E-state index contributed by atoms with van der Waals surface area (Å²) in [6.45, 7) is 6.77. The van der Waals surface area contributed by atoms with E-state index in [1.165, 1.54) is 0 Å². The maximum Gasteiger partial charge on any atom is 0.260 e. The first-order valence-corrected chi connectivity index (χ1v) is 12.1. The average molecular weight is 470 g/mol. The fourth-order valence-electron chi connectivity index (χ4n) is 3.69. The highest BCUT2D eigenvalue weighted by Gasteiger charge is 2.18. The molecule has 0 saturated carbocycles. The molecule has 1 aromatic heterocycles. The number of likely N-dealkylation sites (tertiary alicyclic amines) is 1. The lowest BCUT2D eigenvalue weighted by Crippen LogP contribution is -2.38. The van der Waals surface area contributed by atoms with Gasteiger partial charge in [-0.3, -0.25) is 9.59 Å². The molecule has 1 aromatic carbocycles. The third-order valence-electron chi connectivity index (χ3n) is 5.59. The van der Waals surface area contributed by atoms with E-state index in [1.807, 2.05) is 24.0 Å². The molecular weight excluding hydrogens is 434 g/mol. The van der Waals surface area contributed by atoms with Crippen LogP contribution >= 0.6 is 0 Å². The van der Waals surface area contributed by atoms with Crippen molar-refractivity contribution >= 4 is 11.8 Å². The van der Waals surface area contributed by atoms with Crippen LogP contribution in [-0.2, 0) is 11.3 Å². The number of hydrogen-bond acceptors (Lipinski definition) is 6. The quantitative estimate of drug-likeness (QED) is 0.473. The summed E-state index contributed by atoms with van der Waals surface area (Å²) in [6, 6.07) is 8.68. The number of pyridine rings is 1. The lowest BCUT2D eigenvalue weighted by Gasteiger charge is -2.26. The molecule has 1 N–H and O–H groups in total. The van der Waals surface area contributed by atoms with Gasteiger partial charge in [0.15, 0.2) is 18.1 Å². The summed E-state index contributed by atoms with van der Waals surface area (Å²) in [5, 5.41) is 2.91. The number of nitrogens with one attached hydrogen (secondary N) is 1. The van der Waals surface area contributed by atoms with Crippen LogP contribution in [0.4, 0.5) is 0 Å². The Morgan fingerprint density at radius 2 is 1.85 bits per heavy atom. The number of carbonyl (C=O) groups is 2. The van der Waals surface area contributed by atoms with Crippen molar-refractivity contribution in [3.8, 4) is 17.4 Å². The van der Waals surface area contributed by atoms with E-state index in [1.54, 1.807) is 24.4 Å². The highest BCUT2D eigenvalue weighted by Crippen LogP contribution is 2.29. The molecule has 1 aliphatic rings. The molecule has 0 aliphatic carbocycles. The molecule has 2 amide bonds. The largest absolute Gasteiger partial charge is 0.490 e. The van der Waals surface area contributed by atoms with Gasteiger partial charge in [0.1, 0.15) is 0 Å². The number of rotatable bonds is 12. The molecule has 0 bridgehead atoms. The van der Waals surface area contributed by atoms with Gasteiger partial charge < -0.3 is 24.4 Å². The number of piperidine rings is 1. The number of nitrogens with zero attached hydrogens (tertiary/aromatic N) is 2. The number of amides is 2. The van der Waals surface area contributed by atoms with Gasteiger partial charge in [-0.1, -0.05) is 19.4 Å². The highest BCUT2D eigenvalue weighted by molar-refractivity contribution is 5.94. The molecule has 1 fully saturated rings. The predicted octanol–water partition coefficient (Wildman–Crippen LogP) is 3.98. The Morgan fingerprint density at radius 3 is 2.62 bits per heavy atom. The predicted molar refractivity (Wildman–Crippen MR) is 129 cm³/mol. The first kappa shape index (κ1) is 25.3. The second-order valence-electron chi connectivity index (χ2n) is 8.18. The maximum atomic E-state index is 12.8. The molecule has 3 rings (SSSR count). The monoisotopic (exact) mass is 469 g/mol. The van der Waals surface area contributed by atoms with Gasteiger partial charge >= 0.3 is 0 Å². The normalized spacial score (nSPS) is 13.3. The van der Waals surface area contributed by atoms with Crippen molar-refractivity contribution in [1.82, 2.24) is 15.2 Å². The summed E-state index contributed by atoms with van der Waals surface area (Å²) < 4.78 is 17.2. The van der Waals surface area contributed by atoms with Crippen LogP contribution in [0.5, 0.6) is 17.4 Å². The fraction of sp³-hybridized carbons (Fsp3) is 0.500. The van der Waals surface area contributed by atoms with Crippen LogP contribution in [0, 0.1) is 0 Å². The van der Waals surface area contributed by atoms with E-state index in [9.17, 15) is 9.59 Å². The van der Waals surface area contributed by atoms with Gasteiger partial charge in [-0.25, -0.2) is 4.98 Å². The van der Waals surface area contributed by atoms with E-state index in [-0.39, 0.29) is 18.4 Å². The van der Waals surface area contributed by atoms with Crippen molar-refractivity contribution in [1.29, 1.82) is 0 Å². The fourth-order valence-corrected chi connectivity index (χ4v) is 3.69. The zero-order chi connectivity index (χ0) is 24.2. The Bertz CT molecular complexity index is 944. The molecule has 34 heavy (non-hydrogen) atoms. The van der Waals surface area contributed by atoms with Gasteiger partial charge in [-0.15, -0.1) is 0 Å². The topological polar surface area (TPSA) is 90.0 Å². The van der Waals surface area contributed by atoms with Gasteiger partial charge in [0.05, 0.1) is 13.2 Å². The van der Waals surface area contributed by atoms with Crippen LogP contribution in [0.3, 0.4) is 0 Å². The van der Waals surface area contributed by atoms with Gasteiger partial charge in [0.2, 0.25) is 5.88 Å². The zero-order valence-electron chi connectivity index (χ0n) is 20.2. The molecule has 184 valence electrons. The molecule has 2 aromatic rings. The summed E-state index contributed by atoms with van der Waals surface area (Å²) in [5.41, 5.74) is 1.25. The Kier molecular flexibility index (Phi) is 10.0. The third kappa shape index (κ3) is 7.37. The molecule has 0 atom stereocenters. The Hall–Kier alpha value is -3.29. The number of carbonyl (C=O) groups excluding carboxylic acids is 2. The second kappa shape index (κ2) is 13.4. The molecule has 1 saturated heterocycles. The van der Waals surface area contributed by atoms with Crippen LogP contribution in [0.2, 0.25) is 0 Å². The summed E-state index contributed by atoms with van der Waals surface area (Å²) in [4.78, 5) is 31.3. The van der Waals surface area contributed by atoms with Crippen LogP contribution < -0.4 is 19.5 Å². The van der Waals surface area contributed by atoms with E-state index in [2.05, 4.69) is 17.2 Å². The minimum Gasteiger partial charge on any atom is -0.490 e. The van der Waals surface area contributed by atoms with Crippen molar-refractivity contribution in [2.75, 3.05) is 32.9 Å². The lowest BCUT2D eigenvalue weighted by atomic mass is 10.1. The van der Waals surface area contributed by atoms with E-state index < -0.39 is 0 Å². The SMILES string of the molecule is CCCCOc1ncccc1CNC(=O)c1ccc(OCC(=O)N2CCCCC2)c(OCC)c1.